The van der Waals surface area contributed by atoms with Gasteiger partial charge in [-0.25, -0.2) is 0 Å². The van der Waals surface area contributed by atoms with Crippen molar-refractivity contribution in [2.75, 3.05) is 6.61 Å². The Balaban J connectivity index is 2.38. The maximum absolute atomic E-state index is 5.67. The largest absolute Gasteiger partial charge is 0.493 e. The molecule has 1 aromatic carbocycles. The van der Waals surface area contributed by atoms with Crippen LogP contribution in [0, 0.1) is 0 Å². The van der Waals surface area contributed by atoms with Crippen molar-refractivity contribution >= 4 is 0 Å². The molecule has 0 aliphatic rings. The molecule has 0 aliphatic heterocycles. The first-order valence-corrected chi connectivity index (χ1v) is 5.53. The minimum absolute atomic E-state index is 0.268. The Morgan fingerprint density at radius 2 is 2.12 bits per heavy atom. The summed E-state index contributed by atoms with van der Waals surface area (Å²) in [5.74, 6) is 1.59. The highest BCUT2D eigenvalue weighted by Crippen LogP contribution is 2.29. The molecule has 2 rings (SSSR count). The van der Waals surface area contributed by atoms with Crippen LogP contribution in [-0.2, 0) is 0 Å². The van der Waals surface area contributed by atoms with E-state index in [0.717, 1.165) is 11.3 Å². The van der Waals surface area contributed by atoms with Gasteiger partial charge in [-0.1, -0.05) is 12.1 Å². The van der Waals surface area contributed by atoms with Crippen LogP contribution in [0.15, 0.2) is 28.7 Å². The van der Waals surface area contributed by atoms with Gasteiger partial charge in [0, 0.05) is 0 Å². The van der Waals surface area contributed by atoms with Gasteiger partial charge in [-0.05, 0) is 26.0 Å². The Morgan fingerprint density at radius 1 is 1.35 bits per heavy atom. The lowest BCUT2D eigenvalue weighted by Crippen LogP contribution is -2.04. The number of ether oxygens (including phenoxy) is 1. The molecule has 1 atom stereocenters. The molecule has 0 radical (unpaired) electrons. The molecule has 5 heteroatoms. The van der Waals surface area contributed by atoms with Gasteiger partial charge in [-0.15, -0.1) is 10.2 Å². The summed E-state index contributed by atoms with van der Waals surface area (Å²) in [6.07, 6.45) is 0. The van der Waals surface area contributed by atoms with Crippen molar-refractivity contribution in [2.45, 2.75) is 19.9 Å². The van der Waals surface area contributed by atoms with Crippen LogP contribution in [-0.4, -0.2) is 16.8 Å². The number of benzene rings is 1. The summed E-state index contributed by atoms with van der Waals surface area (Å²) in [6.45, 7) is 4.31. The van der Waals surface area contributed by atoms with Crippen molar-refractivity contribution < 1.29 is 9.15 Å². The lowest BCUT2D eigenvalue weighted by atomic mass is 10.2. The standard InChI is InChI=1S/C12H15N3O2/c1-3-16-10-7-5-4-6-9(10)12-15-14-11(17-12)8(2)13/h4-8H,3,13H2,1-2H3. The van der Waals surface area contributed by atoms with Gasteiger partial charge in [0.1, 0.15) is 5.75 Å². The quantitative estimate of drug-likeness (QED) is 0.875. The van der Waals surface area contributed by atoms with Gasteiger partial charge in [0.05, 0.1) is 18.2 Å². The first-order chi connectivity index (χ1) is 8.22. The van der Waals surface area contributed by atoms with Gasteiger partial charge in [0.15, 0.2) is 0 Å². The lowest BCUT2D eigenvalue weighted by Gasteiger charge is -2.06. The van der Waals surface area contributed by atoms with Crippen molar-refractivity contribution in [3.8, 4) is 17.2 Å². The Hall–Kier alpha value is -1.88. The Kier molecular flexibility index (Phi) is 3.39. The predicted octanol–water partition coefficient (Wildman–Crippen LogP) is 2.15. The fourth-order valence-electron chi connectivity index (χ4n) is 1.45. The summed E-state index contributed by atoms with van der Waals surface area (Å²) in [4.78, 5) is 0. The number of aromatic nitrogens is 2. The van der Waals surface area contributed by atoms with Gasteiger partial charge in [-0.3, -0.25) is 0 Å². The maximum Gasteiger partial charge on any atom is 0.251 e. The molecule has 0 aliphatic carbocycles. The number of hydrogen-bond donors (Lipinski definition) is 1. The van der Waals surface area contributed by atoms with Crippen LogP contribution in [0.1, 0.15) is 25.8 Å². The molecule has 2 aromatic rings. The van der Waals surface area contributed by atoms with Crippen molar-refractivity contribution in [1.82, 2.24) is 10.2 Å². The number of hydrogen-bond acceptors (Lipinski definition) is 5. The molecule has 0 saturated carbocycles. The van der Waals surface area contributed by atoms with Crippen molar-refractivity contribution in [2.24, 2.45) is 5.73 Å². The third-order valence-corrected chi connectivity index (χ3v) is 2.25. The second-order valence-corrected chi connectivity index (χ2v) is 3.66. The molecular formula is C12H15N3O2. The zero-order valence-corrected chi connectivity index (χ0v) is 9.88. The molecule has 0 fully saturated rings. The molecule has 0 bridgehead atoms. The van der Waals surface area contributed by atoms with E-state index >= 15 is 0 Å². The molecule has 2 N–H and O–H groups in total. The second-order valence-electron chi connectivity index (χ2n) is 3.66. The second kappa shape index (κ2) is 4.97. The van der Waals surface area contributed by atoms with Crippen LogP contribution < -0.4 is 10.5 Å². The number of nitrogens with two attached hydrogens (primary N) is 1. The maximum atomic E-state index is 5.67. The molecule has 0 spiro atoms. The first-order valence-electron chi connectivity index (χ1n) is 5.53. The van der Waals surface area contributed by atoms with E-state index in [9.17, 15) is 0 Å². The molecule has 1 aromatic heterocycles. The van der Waals surface area contributed by atoms with Gasteiger partial charge in [0.25, 0.3) is 5.89 Å². The normalized spacial score (nSPS) is 12.4. The SMILES string of the molecule is CCOc1ccccc1-c1nnc(C(C)N)o1. The van der Waals surface area contributed by atoms with E-state index in [1.54, 1.807) is 6.92 Å². The molecule has 0 amide bonds. The average Bonchev–Trinajstić information content (AvgIpc) is 2.79. The number of nitrogens with zero attached hydrogens (tertiary/aromatic N) is 2. The summed E-state index contributed by atoms with van der Waals surface area (Å²) in [6, 6.07) is 7.28. The Morgan fingerprint density at radius 3 is 2.76 bits per heavy atom. The summed E-state index contributed by atoms with van der Waals surface area (Å²) in [5.41, 5.74) is 6.46. The number of rotatable bonds is 4. The third kappa shape index (κ3) is 2.45. The third-order valence-electron chi connectivity index (χ3n) is 2.25. The van der Waals surface area contributed by atoms with Crippen LogP contribution in [0.2, 0.25) is 0 Å². The zero-order valence-electron chi connectivity index (χ0n) is 9.88. The van der Waals surface area contributed by atoms with E-state index < -0.39 is 0 Å². The van der Waals surface area contributed by atoms with Crippen LogP contribution in [0.25, 0.3) is 11.5 Å². The van der Waals surface area contributed by atoms with Crippen LogP contribution >= 0.6 is 0 Å². The van der Waals surface area contributed by atoms with Crippen molar-refractivity contribution in [3.05, 3.63) is 30.2 Å². The summed E-state index contributed by atoms with van der Waals surface area (Å²) in [7, 11) is 0. The molecule has 1 heterocycles. The summed E-state index contributed by atoms with van der Waals surface area (Å²) < 4.78 is 11.0. The fourth-order valence-corrected chi connectivity index (χ4v) is 1.45. The van der Waals surface area contributed by atoms with E-state index in [4.69, 9.17) is 14.9 Å². The van der Waals surface area contributed by atoms with E-state index in [1.807, 2.05) is 31.2 Å². The van der Waals surface area contributed by atoms with Crippen LogP contribution in [0.4, 0.5) is 0 Å². The van der Waals surface area contributed by atoms with E-state index in [0.29, 0.717) is 18.4 Å². The highest BCUT2D eigenvalue weighted by Gasteiger charge is 2.14. The fraction of sp³-hybridized carbons (Fsp3) is 0.333. The Labute approximate surface area is 99.6 Å². The lowest BCUT2D eigenvalue weighted by molar-refractivity contribution is 0.340. The molecule has 90 valence electrons. The Bertz CT molecular complexity index is 494. The molecular weight excluding hydrogens is 218 g/mol. The van der Waals surface area contributed by atoms with E-state index in [2.05, 4.69) is 10.2 Å². The molecule has 0 saturated heterocycles. The number of para-hydroxylation sites is 1. The average molecular weight is 233 g/mol. The van der Waals surface area contributed by atoms with E-state index in [1.165, 1.54) is 0 Å². The molecule has 1 unspecified atom stereocenters. The van der Waals surface area contributed by atoms with Crippen LogP contribution in [0.3, 0.4) is 0 Å². The van der Waals surface area contributed by atoms with Crippen molar-refractivity contribution in [3.63, 3.8) is 0 Å². The smallest absolute Gasteiger partial charge is 0.251 e. The van der Waals surface area contributed by atoms with Gasteiger partial charge >= 0.3 is 0 Å². The summed E-state index contributed by atoms with van der Waals surface area (Å²) >= 11 is 0. The van der Waals surface area contributed by atoms with Gasteiger partial charge in [0.2, 0.25) is 5.89 Å². The molecule has 17 heavy (non-hydrogen) atoms. The van der Waals surface area contributed by atoms with E-state index in [-0.39, 0.29) is 6.04 Å². The first kappa shape index (κ1) is 11.6. The van der Waals surface area contributed by atoms with Gasteiger partial charge < -0.3 is 14.9 Å². The summed E-state index contributed by atoms with van der Waals surface area (Å²) in [5, 5.41) is 7.87. The highest BCUT2D eigenvalue weighted by atomic mass is 16.5. The topological polar surface area (TPSA) is 74.2 Å². The van der Waals surface area contributed by atoms with Gasteiger partial charge in [-0.2, -0.15) is 0 Å². The molecule has 5 nitrogen and oxygen atoms in total. The minimum Gasteiger partial charge on any atom is -0.493 e. The predicted molar refractivity (Wildman–Crippen MR) is 63.5 cm³/mol. The minimum atomic E-state index is -0.268. The monoisotopic (exact) mass is 233 g/mol. The van der Waals surface area contributed by atoms with Crippen LogP contribution in [0.5, 0.6) is 5.75 Å². The highest BCUT2D eigenvalue weighted by molar-refractivity contribution is 5.62. The zero-order chi connectivity index (χ0) is 12.3. The van der Waals surface area contributed by atoms with Crippen molar-refractivity contribution in [1.29, 1.82) is 0 Å².